The summed E-state index contributed by atoms with van der Waals surface area (Å²) in [5, 5.41) is 7.93. The SMILES string of the molecule is CCC1CCCCC1Oc1ccc(C(=N)N)cc1Cl. The first kappa shape index (κ1) is 14.2. The molecule has 1 aliphatic rings. The molecule has 1 aliphatic carbocycles. The highest BCUT2D eigenvalue weighted by molar-refractivity contribution is 6.32. The maximum Gasteiger partial charge on any atom is 0.138 e. The van der Waals surface area contributed by atoms with E-state index in [9.17, 15) is 0 Å². The van der Waals surface area contributed by atoms with Gasteiger partial charge in [-0.2, -0.15) is 0 Å². The van der Waals surface area contributed by atoms with Crippen LogP contribution in [0.4, 0.5) is 0 Å². The molecule has 3 nitrogen and oxygen atoms in total. The fourth-order valence-corrected chi connectivity index (χ4v) is 2.95. The molecule has 0 amide bonds. The molecule has 4 heteroatoms. The molecule has 0 aliphatic heterocycles. The Morgan fingerprint density at radius 1 is 1.42 bits per heavy atom. The van der Waals surface area contributed by atoms with Crippen LogP contribution < -0.4 is 10.5 Å². The Hall–Kier alpha value is -1.22. The number of benzene rings is 1. The summed E-state index contributed by atoms with van der Waals surface area (Å²) in [6.07, 6.45) is 6.28. The Balaban J connectivity index is 2.11. The van der Waals surface area contributed by atoms with Gasteiger partial charge in [-0.25, -0.2) is 0 Å². The number of nitrogens with one attached hydrogen (secondary N) is 1. The third kappa shape index (κ3) is 3.41. The van der Waals surface area contributed by atoms with Crippen LogP contribution in [0, 0.1) is 11.3 Å². The van der Waals surface area contributed by atoms with Crippen molar-refractivity contribution in [2.75, 3.05) is 0 Å². The molecule has 104 valence electrons. The van der Waals surface area contributed by atoms with Gasteiger partial charge in [-0.15, -0.1) is 0 Å². The average molecular weight is 281 g/mol. The highest BCUT2D eigenvalue weighted by Gasteiger charge is 2.25. The minimum absolute atomic E-state index is 0.0255. The minimum atomic E-state index is 0.0255. The van der Waals surface area contributed by atoms with E-state index in [2.05, 4.69) is 6.92 Å². The molecule has 0 aromatic heterocycles. The maximum atomic E-state index is 7.40. The fraction of sp³-hybridized carbons (Fsp3) is 0.533. The predicted octanol–water partition coefficient (Wildman–Crippen LogP) is 3.97. The molecule has 1 saturated carbocycles. The zero-order valence-electron chi connectivity index (χ0n) is 11.3. The van der Waals surface area contributed by atoms with Gasteiger partial charge in [0, 0.05) is 5.56 Å². The van der Waals surface area contributed by atoms with Crippen LogP contribution >= 0.6 is 11.6 Å². The van der Waals surface area contributed by atoms with Crippen molar-refractivity contribution in [3.05, 3.63) is 28.8 Å². The van der Waals surface area contributed by atoms with Gasteiger partial charge in [0.05, 0.1) is 5.02 Å². The molecule has 0 saturated heterocycles. The lowest BCUT2D eigenvalue weighted by atomic mass is 9.85. The van der Waals surface area contributed by atoms with Crippen LogP contribution in [0.1, 0.15) is 44.6 Å². The number of hydrogen-bond donors (Lipinski definition) is 2. The molecule has 0 heterocycles. The van der Waals surface area contributed by atoms with Crippen LogP contribution in [0.3, 0.4) is 0 Å². The van der Waals surface area contributed by atoms with E-state index < -0.39 is 0 Å². The van der Waals surface area contributed by atoms with E-state index in [1.807, 2.05) is 6.07 Å². The first-order valence-electron chi connectivity index (χ1n) is 6.92. The summed E-state index contributed by atoms with van der Waals surface area (Å²) in [5.74, 6) is 1.35. The second-order valence-corrected chi connectivity index (χ2v) is 5.58. The van der Waals surface area contributed by atoms with Crippen LogP contribution in [-0.2, 0) is 0 Å². The fourth-order valence-electron chi connectivity index (χ4n) is 2.72. The molecule has 19 heavy (non-hydrogen) atoms. The molecular formula is C15H21ClN2O. The Morgan fingerprint density at radius 3 is 2.79 bits per heavy atom. The standard InChI is InChI=1S/C15H21ClN2O/c1-2-10-5-3-4-6-13(10)19-14-8-7-11(15(17)18)9-12(14)16/h7-10,13H,2-6H2,1H3,(H3,17,18). The van der Waals surface area contributed by atoms with Crippen molar-refractivity contribution in [1.82, 2.24) is 0 Å². The molecule has 1 aromatic carbocycles. The van der Waals surface area contributed by atoms with Gasteiger partial charge in [0.25, 0.3) is 0 Å². The summed E-state index contributed by atoms with van der Waals surface area (Å²) in [7, 11) is 0. The van der Waals surface area contributed by atoms with Gasteiger partial charge in [-0.3, -0.25) is 5.41 Å². The lowest BCUT2D eigenvalue weighted by Crippen LogP contribution is -2.30. The summed E-state index contributed by atoms with van der Waals surface area (Å²) in [5.41, 5.74) is 6.08. The van der Waals surface area contributed by atoms with Crippen LogP contribution in [0.2, 0.25) is 5.02 Å². The van der Waals surface area contributed by atoms with E-state index in [-0.39, 0.29) is 11.9 Å². The van der Waals surface area contributed by atoms with Crippen LogP contribution in [0.5, 0.6) is 5.75 Å². The topological polar surface area (TPSA) is 59.1 Å². The third-order valence-electron chi connectivity index (χ3n) is 3.88. The monoisotopic (exact) mass is 280 g/mol. The minimum Gasteiger partial charge on any atom is -0.489 e. The predicted molar refractivity (Wildman–Crippen MR) is 79.1 cm³/mol. The van der Waals surface area contributed by atoms with E-state index in [4.69, 9.17) is 27.5 Å². The van der Waals surface area contributed by atoms with Gasteiger partial charge in [0.2, 0.25) is 0 Å². The van der Waals surface area contributed by atoms with Gasteiger partial charge in [0.15, 0.2) is 0 Å². The van der Waals surface area contributed by atoms with Crippen molar-refractivity contribution in [3.8, 4) is 5.75 Å². The molecule has 0 spiro atoms. The van der Waals surface area contributed by atoms with Crippen molar-refractivity contribution < 1.29 is 4.74 Å². The normalized spacial score (nSPS) is 23.1. The van der Waals surface area contributed by atoms with Crippen molar-refractivity contribution in [1.29, 1.82) is 5.41 Å². The highest BCUT2D eigenvalue weighted by Crippen LogP contribution is 2.33. The summed E-state index contributed by atoms with van der Waals surface area (Å²) >= 11 is 6.21. The number of rotatable bonds is 4. The molecule has 2 atom stereocenters. The van der Waals surface area contributed by atoms with Crippen LogP contribution in [0.25, 0.3) is 0 Å². The molecular weight excluding hydrogens is 260 g/mol. The quantitative estimate of drug-likeness (QED) is 0.647. The Labute approximate surface area is 119 Å². The van der Waals surface area contributed by atoms with Crippen molar-refractivity contribution >= 4 is 17.4 Å². The third-order valence-corrected chi connectivity index (χ3v) is 4.18. The molecule has 0 radical (unpaired) electrons. The summed E-state index contributed by atoms with van der Waals surface area (Å²) in [4.78, 5) is 0. The number of amidine groups is 1. The summed E-state index contributed by atoms with van der Waals surface area (Å²) in [6.45, 7) is 2.22. The largest absolute Gasteiger partial charge is 0.489 e. The average Bonchev–Trinajstić information content (AvgIpc) is 2.41. The van der Waals surface area contributed by atoms with Crippen molar-refractivity contribution in [3.63, 3.8) is 0 Å². The smallest absolute Gasteiger partial charge is 0.138 e. The Bertz CT molecular complexity index is 461. The van der Waals surface area contributed by atoms with Crippen molar-refractivity contribution in [2.24, 2.45) is 11.7 Å². The van der Waals surface area contributed by atoms with Crippen LogP contribution in [0.15, 0.2) is 18.2 Å². The number of ether oxygens (including phenoxy) is 1. The second-order valence-electron chi connectivity index (χ2n) is 5.17. The van der Waals surface area contributed by atoms with E-state index in [1.54, 1.807) is 12.1 Å². The van der Waals surface area contributed by atoms with Gasteiger partial charge in [-0.05, 0) is 49.8 Å². The Morgan fingerprint density at radius 2 is 2.16 bits per heavy atom. The van der Waals surface area contributed by atoms with Gasteiger partial charge in [-0.1, -0.05) is 24.9 Å². The molecule has 2 unspecified atom stereocenters. The lowest BCUT2D eigenvalue weighted by molar-refractivity contribution is 0.0905. The number of hydrogen-bond acceptors (Lipinski definition) is 2. The second kappa shape index (κ2) is 6.29. The van der Waals surface area contributed by atoms with E-state index in [0.29, 0.717) is 22.3 Å². The zero-order valence-corrected chi connectivity index (χ0v) is 12.0. The Kier molecular flexibility index (Phi) is 4.70. The molecule has 2 rings (SSSR count). The van der Waals surface area contributed by atoms with Crippen LogP contribution in [-0.4, -0.2) is 11.9 Å². The first-order valence-corrected chi connectivity index (χ1v) is 7.30. The number of nitrogens with two attached hydrogens (primary N) is 1. The number of nitrogen functional groups attached to an aromatic ring is 1. The van der Waals surface area contributed by atoms with Gasteiger partial charge >= 0.3 is 0 Å². The van der Waals surface area contributed by atoms with E-state index in [0.717, 1.165) is 12.8 Å². The van der Waals surface area contributed by atoms with Gasteiger partial charge in [0.1, 0.15) is 17.7 Å². The molecule has 0 bridgehead atoms. The van der Waals surface area contributed by atoms with Gasteiger partial charge < -0.3 is 10.5 Å². The number of halogens is 1. The summed E-state index contributed by atoms with van der Waals surface area (Å²) in [6, 6.07) is 5.30. The highest BCUT2D eigenvalue weighted by atomic mass is 35.5. The zero-order chi connectivity index (χ0) is 13.8. The summed E-state index contributed by atoms with van der Waals surface area (Å²) < 4.78 is 6.08. The lowest BCUT2D eigenvalue weighted by Gasteiger charge is -2.31. The molecule has 3 N–H and O–H groups in total. The first-order chi connectivity index (χ1) is 9.11. The van der Waals surface area contributed by atoms with E-state index in [1.165, 1.54) is 19.3 Å². The maximum absolute atomic E-state index is 7.40. The molecule has 1 aromatic rings. The van der Waals surface area contributed by atoms with E-state index >= 15 is 0 Å². The van der Waals surface area contributed by atoms with Crippen molar-refractivity contribution in [2.45, 2.75) is 45.1 Å². The molecule has 1 fully saturated rings.